The van der Waals surface area contributed by atoms with Crippen LogP contribution in [0.4, 0.5) is 4.79 Å². The van der Waals surface area contributed by atoms with E-state index in [4.69, 9.17) is 15.2 Å². The fraction of sp³-hybridized carbons (Fsp3) is 0.667. The van der Waals surface area contributed by atoms with Crippen molar-refractivity contribution in [2.45, 2.75) is 84.0 Å². The van der Waals surface area contributed by atoms with E-state index >= 15 is 0 Å². The maximum Gasteiger partial charge on any atom is 0.407 e. The van der Waals surface area contributed by atoms with Crippen molar-refractivity contribution in [1.82, 2.24) is 10.6 Å². The first kappa shape index (κ1) is 26.9. The summed E-state index contributed by atoms with van der Waals surface area (Å²) in [7, 11) is 0. The number of ether oxygens (including phenoxy) is 2. The zero-order valence-corrected chi connectivity index (χ0v) is 19.5. The number of carbonyl (C=O) groups is 2. The van der Waals surface area contributed by atoms with Gasteiger partial charge in [0, 0.05) is 19.7 Å². The van der Waals surface area contributed by atoms with Gasteiger partial charge in [-0.25, -0.2) is 4.79 Å². The average Bonchev–Trinajstić information content (AvgIpc) is 2.71. The van der Waals surface area contributed by atoms with E-state index in [1.165, 1.54) is 5.56 Å². The number of rotatable bonds is 15. The first-order valence-corrected chi connectivity index (χ1v) is 11.4. The largest absolute Gasteiger partial charge is 0.444 e. The van der Waals surface area contributed by atoms with E-state index in [9.17, 15) is 9.59 Å². The molecule has 0 aliphatic heterocycles. The molecule has 0 saturated carbocycles. The van der Waals surface area contributed by atoms with Gasteiger partial charge in [-0.05, 0) is 58.4 Å². The Morgan fingerprint density at radius 2 is 1.58 bits per heavy atom. The topological polar surface area (TPSA) is 103 Å². The monoisotopic (exact) mass is 435 g/mol. The summed E-state index contributed by atoms with van der Waals surface area (Å²) in [5.74, 6) is -0.105. The van der Waals surface area contributed by atoms with Gasteiger partial charge in [0.05, 0.1) is 12.6 Å². The molecule has 2 amide bonds. The Balaban J connectivity index is 1.92. The highest BCUT2D eigenvalue weighted by molar-refractivity contribution is 5.81. The third-order valence-corrected chi connectivity index (χ3v) is 4.57. The number of unbranched alkanes of at least 4 members (excludes halogenated alkanes) is 4. The van der Waals surface area contributed by atoms with E-state index in [0.717, 1.165) is 45.1 Å². The molecule has 0 heterocycles. The van der Waals surface area contributed by atoms with Crippen LogP contribution in [-0.4, -0.2) is 43.3 Å². The molecule has 0 aromatic heterocycles. The second kappa shape index (κ2) is 15.6. The van der Waals surface area contributed by atoms with Gasteiger partial charge in [-0.2, -0.15) is 0 Å². The third-order valence-electron chi connectivity index (χ3n) is 4.57. The number of amides is 2. The van der Waals surface area contributed by atoms with Crippen molar-refractivity contribution in [1.29, 1.82) is 0 Å². The van der Waals surface area contributed by atoms with Crippen LogP contribution in [0.15, 0.2) is 30.3 Å². The van der Waals surface area contributed by atoms with Crippen molar-refractivity contribution in [2.24, 2.45) is 5.73 Å². The molecule has 0 aliphatic carbocycles. The predicted octanol–water partition coefficient (Wildman–Crippen LogP) is 3.90. The number of alkyl carbamates (subject to hydrolysis) is 1. The van der Waals surface area contributed by atoms with E-state index in [1.807, 2.05) is 39.0 Å². The fourth-order valence-electron chi connectivity index (χ4n) is 2.91. The Bertz CT molecular complexity index is 617. The maximum absolute atomic E-state index is 12.0. The molecule has 7 heteroatoms. The van der Waals surface area contributed by atoms with Crippen LogP contribution < -0.4 is 16.4 Å². The number of carbonyl (C=O) groups excluding carboxylic acids is 2. The van der Waals surface area contributed by atoms with Crippen LogP contribution in [0.1, 0.15) is 71.3 Å². The Kier molecular flexibility index (Phi) is 13.6. The summed E-state index contributed by atoms with van der Waals surface area (Å²) in [6.45, 7) is 8.06. The molecule has 0 radical (unpaired) electrons. The Morgan fingerprint density at radius 1 is 0.935 bits per heavy atom. The van der Waals surface area contributed by atoms with Crippen LogP contribution in [0.3, 0.4) is 0 Å². The molecule has 1 aromatic carbocycles. The molecule has 0 fully saturated rings. The van der Waals surface area contributed by atoms with E-state index in [-0.39, 0.29) is 5.91 Å². The molecule has 0 bridgehead atoms. The number of nitrogens with two attached hydrogens (primary N) is 1. The zero-order chi connectivity index (χ0) is 23.0. The summed E-state index contributed by atoms with van der Waals surface area (Å²) in [4.78, 5) is 23.6. The highest BCUT2D eigenvalue weighted by atomic mass is 16.6. The Morgan fingerprint density at radius 3 is 2.29 bits per heavy atom. The predicted molar refractivity (Wildman–Crippen MR) is 124 cm³/mol. The summed E-state index contributed by atoms with van der Waals surface area (Å²) in [6, 6.07) is 9.66. The summed E-state index contributed by atoms with van der Waals surface area (Å²) in [5.41, 5.74) is 6.64. The lowest BCUT2D eigenvalue weighted by molar-refractivity contribution is -0.122. The minimum absolute atomic E-state index is 0.105. The Hall–Kier alpha value is -2.12. The van der Waals surface area contributed by atoms with E-state index in [0.29, 0.717) is 26.1 Å². The van der Waals surface area contributed by atoms with Gasteiger partial charge in [-0.3, -0.25) is 4.79 Å². The van der Waals surface area contributed by atoms with Crippen molar-refractivity contribution in [2.75, 3.05) is 19.7 Å². The molecule has 176 valence electrons. The van der Waals surface area contributed by atoms with Crippen LogP contribution in [0, 0.1) is 0 Å². The summed E-state index contributed by atoms with van der Waals surface area (Å²) < 4.78 is 10.8. The Labute approximate surface area is 187 Å². The standard InChI is InChI=1S/C24H41N3O4/c1-24(2,3)31-23(29)27-17-11-9-15-21(25)22(28)26-16-10-4-5-12-18-30-19-20-13-7-6-8-14-20/h6-8,13-14,21H,4-5,9-12,15-19,25H2,1-3H3,(H,26,28)(H,27,29)/t21-/m1/s1. The van der Waals surface area contributed by atoms with E-state index in [1.54, 1.807) is 0 Å². The summed E-state index contributed by atoms with van der Waals surface area (Å²) in [6.07, 6.45) is 5.81. The fourth-order valence-corrected chi connectivity index (χ4v) is 2.91. The second-order valence-electron chi connectivity index (χ2n) is 8.77. The first-order chi connectivity index (χ1) is 14.8. The van der Waals surface area contributed by atoms with Gasteiger partial charge in [0.2, 0.25) is 5.91 Å². The van der Waals surface area contributed by atoms with Crippen molar-refractivity contribution >= 4 is 12.0 Å². The van der Waals surface area contributed by atoms with Crippen molar-refractivity contribution in [3.63, 3.8) is 0 Å². The first-order valence-electron chi connectivity index (χ1n) is 11.4. The van der Waals surface area contributed by atoms with Crippen molar-refractivity contribution in [3.8, 4) is 0 Å². The zero-order valence-electron chi connectivity index (χ0n) is 19.5. The molecule has 0 saturated heterocycles. The minimum Gasteiger partial charge on any atom is -0.444 e. The molecule has 31 heavy (non-hydrogen) atoms. The average molecular weight is 436 g/mol. The van der Waals surface area contributed by atoms with Crippen LogP contribution in [0.2, 0.25) is 0 Å². The van der Waals surface area contributed by atoms with Gasteiger partial charge in [0.15, 0.2) is 0 Å². The number of nitrogens with one attached hydrogen (secondary N) is 2. The van der Waals surface area contributed by atoms with Crippen molar-refractivity contribution < 1.29 is 19.1 Å². The lowest BCUT2D eigenvalue weighted by Gasteiger charge is -2.19. The smallest absolute Gasteiger partial charge is 0.407 e. The SMILES string of the molecule is CC(C)(C)OC(=O)NCCCC[C@@H](N)C(=O)NCCCCCCOCc1ccccc1. The molecule has 1 rings (SSSR count). The third kappa shape index (κ3) is 15.3. The molecule has 0 unspecified atom stereocenters. The molecular weight excluding hydrogens is 394 g/mol. The highest BCUT2D eigenvalue weighted by Gasteiger charge is 2.16. The minimum atomic E-state index is -0.507. The van der Waals surface area contributed by atoms with Gasteiger partial charge in [0.25, 0.3) is 0 Å². The van der Waals surface area contributed by atoms with Crippen LogP contribution in [0.25, 0.3) is 0 Å². The van der Waals surface area contributed by atoms with E-state index in [2.05, 4.69) is 22.8 Å². The van der Waals surface area contributed by atoms with Crippen LogP contribution in [0.5, 0.6) is 0 Å². The number of benzene rings is 1. The summed E-state index contributed by atoms with van der Waals surface area (Å²) in [5, 5.41) is 5.61. The number of hydrogen-bond acceptors (Lipinski definition) is 5. The molecular formula is C24H41N3O4. The molecule has 0 spiro atoms. The lowest BCUT2D eigenvalue weighted by Crippen LogP contribution is -2.41. The second-order valence-corrected chi connectivity index (χ2v) is 8.77. The normalized spacial score (nSPS) is 12.3. The van der Waals surface area contributed by atoms with Gasteiger partial charge in [-0.1, -0.05) is 43.2 Å². The molecule has 4 N–H and O–H groups in total. The van der Waals surface area contributed by atoms with Crippen LogP contribution >= 0.6 is 0 Å². The lowest BCUT2D eigenvalue weighted by atomic mass is 10.1. The molecule has 7 nitrogen and oxygen atoms in total. The quantitative estimate of drug-likeness (QED) is 0.363. The molecule has 1 aromatic rings. The summed E-state index contributed by atoms with van der Waals surface area (Å²) >= 11 is 0. The van der Waals surface area contributed by atoms with E-state index < -0.39 is 17.7 Å². The van der Waals surface area contributed by atoms with Gasteiger partial charge >= 0.3 is 6.09 Å². The van der Waals surface area contributed by atoms with Crippen molar-refractivity contribution in [3.05, 3.63) is 35.9 Å². The highest BCUT2D eigenvalue weighted by Crippen LogP contribution is 2.07. The van der Waals surface area contributed by atoms with Gasteiger partial charge in [-0.15, -0.1) is 0 Å². The maximum atomic E-state index is 12.0. The molecule has 1 atom stereocenters. The van der Waals surface area contributed by atoms with Gasteiger partial charge in [0.1, 0.15) is 5.60 Å². The van der Waals surface area contributed by atoms with Gasteiger partial charge < -0.3 is 25.8 Å². The molecule has 0 aliphatic rings. The number of hydrogen-bond donors (Lipinski definition) is 3. The van der Waals surface area contributed by atoms with Crippen LogP contribution in [-0.2, 0) is 20.9 Å².